The summed E-state index contributed by atoms with van der Waals surface area (Å²) in [7, 11) is 0. The molecule has 0 saturated carbocycles. The van der Waals surface area contributed by atoms with Crippen LogP contribution in [0.4, 0.5) is 0 Å². The molecule has 2 aromatic rings. The lowest BCUT2D eigenvalue weighted by atomic mass is 9.93. The van der Waals surface area contributed by atoms with E-state index in [1.165, 1.54) is 48.9 Å². The average molecular weight is 332 g/mol. The highest BCUT2D eigenvalue weighted by molar-refractivity contribution is 5.79. The third-order valence-corrected chi connectivity index (χ3v) is 5.72. The summed E-state index contributed by atoms with van der Waals surface area (Å²) in [5.74, 6) is 0. The lowest BCUT2D eigenvalue weighted by molar-refractivity contribution is 0.108. The maximum Gasteiger partial charge on any atom is 0.0226 e. The van der Waals surface area contributed by atoms with Crippen LogP contribution in [0.15, 0.2) is 66.7 Å². The molecule has 2 heterocycles. The Kier molecular flexibility index (Phi) is 5.29. The average Bonchev–Trinajstić information content (AvgIpc) is 2.78. The van der Waals surface area contributed by atoms with Crippen molar-refractivity contribution in [2.75, 3.05) is 19.6 Å². The molecule has 2 aromatic carbocycles. The standard InChI is InChI=1S/C23H28N2/c1-3-8-19(9-4-1)23(20-10-5-2-6-11-20)15-17-25-21-12-7-13-22(25)18-24-16-14-21/h1-6,8-11,15,21-22,24H,7,12-14,16-18H2/t21-,22+/m0/s1. The van der Waals surface area contributed by atoms with Gasteiger partial charge < -0.3 is 5.32 Å². The Morgan fingerprint density at radius 2 is 1.52 bits per heavy atom. The number of nitrogens with zero attached hydrogens (tertiary/aromatic N) is 1. The lowest BCUT2D eigenvalue weighted by Gasteiger charge is -2.40. The predicted molar refractivity (Wildman–Crippen MR) is 106 cm³/mol. The first-order valence-electron chi connectivity index (χ1n) is 9.69. The molecule has 1 N–H and O–H groups in total. The van der Waals surface area contributed by atoms with Crippen LogP contribution >= 0.6 is 0 Å². The molecule has 0 aromatic heterocycles. The number of piperidine rings is 1. The SMILES string of the molecule is C(CN1[C@H]2CCC[C@@H]1CNCC2)=C(c1ccccc1)c1ccccc1. The van der Waals surface area contributed by atoms with E-state index in [0.29, 0.717) is 6.04 Å². The van der Waals surface area contributed by atoms with Crippen LogP contribution in [0, 0.1) is 0 Å². The second kappa shape index (κ2) is 7.99. The minimum Gasteiger partial charge on any atom is -0.315 e. The van der Waals surface area contributed by atoms with Gasteiger partial charge >= 0.3 is 0 Å². The van der Waals surface area contributed by atoms with Crippen molar-refractivity contribution in [3.8, 4) is 0 Å². The van der Waals surface area contributed by atoms with Gasteiger partial charge in [-0.2, -0.15) is 0 Å². The predicted octanol–water partition coefficient (Wildman–Crippen LogP) is 4.33. The van der Waals surface area contributed by atoms with Gasteiger partial charge in [-0.1, -0.05) is 73.2 Å². The fraction of sp³-hybridized carbons (Fsp3) is 0.391. The first-order valence-corrected chi connectivity index (χ1v) is 9.69. The van der Waals surface area contributed by atoms with Crippen LogP contribution in [0.3, 0.4) is 0 Å². The molecule has 2 fully saturated rings. The molecular formula is C23H28N2. The zero-order valence-corrected chi connectivity index (χ0v) is 14.9. The first-order chi connectivity index (χ1) is 12.4. The van der Waals surface area contributed by atoms with Crippen molar-refractivity contribution in [3.05, 3.63) is 77.9 Å². The molecular weight excluding hydrogens is 304 g/mol. The van der Waals surface area contributed by atoms with Gasteiger partial charge in [0.2, 0.25) is 0 Å². The zero-order chi connectivity index (χ0) is 16.9. The van der Waals surface area contributed by atoms with Gasteiger partial charge in [-0.05, 0) is 42.5 Å². The largest absolute Gasteiger partial charge is 0.315 e. The third kappa shape index (κ3) is 3.86. The highest BCUT2D eigenvalue weighted by atomic mass is 15.2. The third-order valence-electron chi connectivity index (χ3n) is 5.72. The van der Waals surface area contributed by atoms with E-state index >= 15 is 0 Å². The van der Waals surface area contributed by atoms with Crippen molar-refractivity contribution < 1.29 is 0 Å². The summed E-state index contributed by atoms with van der Waals surface area (Å²) in [4.78, 5) is 2.76. The van der Waals surface area contributed by atoms with E-state index in [9.17, 15) is 0 Å². The van der Waals surface area contributed by atoms with Crippen molar-refractivity contribution >= 4 is 5.57 Å². The van der Waals surface area contributed by atoms with Gasteiger partial charge in [-0.3, -0.25) is 4.90 Å². The summed E-state index contributed by atoms with van der Waals surface area (Å²) < 4.78 is 0. The van der Waals surface area contributed by atoms with E-state index in [-0.39, 0.29) is 0 Å². The Hall–Kier alpha value is -1.90. The number of rotatable bonds is 4. The number of nitrogens with one attached hydrogen (secondary N) is 1. The second-order valence-electron chi connectivity index (χ2n) is 7.28. The fourth-order valence-corrected chi connectivity index (χ4v) is 4.42. The number of hydrogen-bond donors (Lipinski definition) is 1. The minimum atomic E-state index is 0.699. The smallest absolute Gasteiger partial charge is 0.0226 e. The Labute approximate surface area is 151 Å². The van der Waals surface area contributed by atoms with Crippen LogP contribution in [0.25, 0.3) is 5.57 Å². The van der Waals surface area contributed by atoms with Gasteiger partial charge in [0.25, 0.3) is 0 Å². The molecule has 130 valence electrons. The lowest BCUT2D eigenvalue weighted by Crippen LogP contribution is -2.47. The summed E-state index contributed by atoms with van der Waals surface area (Å²) in [6.45, 7) is 3.37. The van der Waals surface area contributed by atoms with E-state index in [1.54, 1.807) is 0 Å². The molecule has 0 spiro atoms. The zero-order valence-electron chi connectivity index (χ0n) is 14.9. The maximum absolute atomic E-state index is 3.64. The van der Waals surface area contributed by atoms with Gasteiger partial charge in [0.15, 0.2) is 0 Å². The summed E-state index contributed by atoms with van der Waals surface area (Å²) in [5, 5.41) is 3.64. The number of fused-ring (bicyclic) bond motifs is 2. The van der Waals surface area contributed by atoms with Crippen molar-refractivity contribution in [2.24, 2.45) is 0 Å². The maximum atomic E-state index is 3.64. The van der Waals surface area contributed by atoms with E-state index in [0.717, 1.165) is 19.1 Å². The second-order valence-corrected chi connectivity index (χ2v) is 7.28. The molecule has 0 radical (unpaired) electrons. The van der Waals surface area contributed by atoms with E-state index in [2.05, 4.69) is 77.0 Å². The molecule has 2 aliphatic heterocycles. The van der Waals surface area contributed by atoms with Crippen LogP contribution in [-0.2, 0) is 0 Å². The Morgan fingerprint density at radius 3 is 2.20 bits per heavy atom. The molecule has 2 aliphatic rings. The van der Waals surface area contributed by atoms with E-state index in [4.69, 9.17) is 0 Å². The molecule has 2 saturated heterocycles. The van der Waals surface area contributed by atoms with Crippen molar-refractivity contribution in [3.63, 3.8) is 0 Å². The molecule has 0 unspecified atom stereocenters. The molecule has 2 heteroatoms. The summed E-state index contributed by atoms with van der Waals surface area (Å²) in [6.07, 6.45) is 7.83. The Bertz CT molecular complexity index is 637. The minimum absolute atomic E-state index is 0.699. The molecule has 4 rings (SSSR count). The fourth-order valence-electron chi connectivity index (χ4n) is 4.42. The first kappa shape index (κ1) is 16.6. The van der Waals surface area contributed by atoms with Crippen LogP contribution in [-0.4, -0.2) is 36.6 Å². The summed E-state index contributed by atoms with van der Waals surface area (Å²) in [5.41, 5.74) is 3.98. The molecule has 0 aliphatic carbocycles. The van der Waals surface area contributed by atoms with Gasteiger partial charge in [0, 0.05) is 25.2 Å². The molecule has 2 atom stereocenters. The molecule has 0 amide bonds. The highest BCUT2D eigenvalue weighted by Gasteiger charge is 2.31. The van der Waals surface area contributed by atoms with Crippen molar-refractivity contribution in [2.45, 2.75) is 37.8 Å². The van der Waals surface area contributed by atoms with Crippen LogP contribution in [0.2, 0.25) is 0 Å². The number of benzene rings is 2. The normalized spacial score (nSPS) is 23.7. The summed E-state index contributed by atoms with van der Waals surface area (Å²) in [6, 6.07) is 23.1. The van der Waals surface area contributed by atoms with Crippen LogP contribution < -0.4 is 5.32 Å². The van der Waals surface area contributed by atoms with Crippen molar-refractivity contribution in [1.29, 1.82) is 0 Å². The van der Waals surface area contributed by atoms with Gasteiger partial charge in [0.05, 0.1) is 0 Å². The quantitative estimate of drug-likeness (QED) is 0.896. The van der Waals surface area contributed by atoms with Gasteiger partial charge in [0.1, 0.15) is 0 Å². The Balaban J connectivity index is 1.63. The monoisotopic (exact) mass is 332 g/mol. The van der Waals surface area contributed by atoms with Gasteiger partial charge in [-0.25, -0.2) is 0 Å². The highest BCUT2D eigenvalue weighted by Crippen LogP contribution is 2.28. The topological polar surface area (TPSA) is 15.3 Å². The summed E-state index contributed by atoms with van der Waals surface area (Å²) >= 11 is 0. The van der Waals surface area contributed by atoms with E-state index in [1.807, 2.05) is 0 Å². The van der Waals surface area contributed by atoms with Crippen molar-refractivity contribution in [1.82, 2.24) is 10.2 Å². The molecule has 2 nitrogen and oxygen atoms in total. The molecule has 2 bridgehead atoms. The van der Waals surface area contributed by atoms with Crippen LogP contribution in [0.5, 0.6) is 0 Å². The Morgan fingerprint density at radius 1 is 0.880 bits per heavy atom. The van der Waals surface area contributed by atoms with Gasteiger partial charge in [-0.15, -0.1) is 0 Å². The van der Waals surface area contributed by atoms with E-state index < -0.39 is 0 Å². The molecule has 25 heavy (non-hydrogen) atoms. The number of hydrogen-bond acceptors (Lipinski definition) is 2. The van der Waals surface area contributed by atoms with Crippen LogP contribution in [0.1, 0.15) is 36.8 Å².